The van der Waals surface area contributed by atoms with Crippen LogP contribution in [0.15, 0.2) is 33.7 Å². The first-order valence-corrected chi connectivity index (χ1v) is 10.7. The summed E-state index contributed by atoms with van der Waals surface area (Å²) in [7, 11) is 0. The van der Waals surface area contributed by atoms with Gasteiger partial charge in [0.15, 0.2) is 0 Å². The predicted octanol–water partition coefficient (Wildman–Crippen LogP) is 3.73. The zero-order chi connectivity index (χ0) is 21.3. The number of aromatic amines is 1. The number of nitrogens with zero attached hydrogens (tertiary/aromatic N) is 2. The molecule has 0 fully saturated rings. The van der Waals surface area contributed by atoms with E-state index in [0.29, 0.717) is 21.6 Å². The molecule has 1 aromatic carbocycles. The maximum atomic E-state index is 12.3. The Labute approximate surface area is 187 Å². The maximum absolute atomic E-state index is 12.3. The fourth-order valence-electron chi connectivity index (χ4n) is 2.81. The number of carbonyl (C=O) groups is 2. The third-order valence-corrected chi connectivity index (χ3v) is 5.39. The van der Waals surface area contributed by atoms with Crippen molar-refractivity contribution in [3.8, 4) is 5.88 Å². The van der Waals surface area contributed by atoms with Gasteiger partial charge in [-0.25, -0.2) is 4.79 Å². The highest BCUT2D eigenvalue weighted by molar-refractivity contribution is 9.10. The van der Waals surface area contributed by atoms with Crippen LogP contribution in [0.1, 0.15) is 36.0 Å². The van der Waals surface area contributed by atoms with E-state index < -0.39 is 12.0 Å². The Balaban J connectivity index is 1.40. The molecule has 0 unspecified atom stereocenters. The molecule has 1 aliphatic heterocycles. The van der Waals surface area contributed by atoms with E-state index in [0.717, 1.165) is 44.6 Å². The van der Waals surface area contributed by atoms with Gasteiger partial charge in [-0.15, -0.1) is 5.10 Å². The van der Waals surface area contributed by atoms with Gasteiger partial charge in [-0.2, -0.15) is 0 Å². The topological polar surface area (TPSA) is 120 Å². The van der Waals surface area contributed by atoms with Gasteiger partial charge >= 0.3 is 6.09 Å². The van der Waals surface area contributed by atoms with E-state index in [1.165, 1.54) is 0 Å². The SMILES string of the molecule is O=C(NCCCCCC1=NCCN1)Oc1n[nH]c(NC(=O)c2ccccc2Cl)c1Br. The molecule has 0 aliphatic carbocycles. The minimum Gasteiger partial charge on any atom is -0.388 e. The summed E-state index contributed by atoms with van der Waals surface area (Å²) in [5.41, 5.74) is 0.316. The Kier molecular flexibility index (Phi) is 8.09. The summed E-state index contributed by atoms with van der Waals surface area (Å²) in [6, 6.07) is 6.67. The second-order valence-corrected chi connectivity index (χ2v) is 7.73. The monoisotopic (exact) mass is 496 g/mol. The number of benzene rings is 1. The van der Waals surface area contributed by atoms with E-state index >= 15 is 0 Å². The Morgan fingerprint density at radius 1 is 1.23 bits per heavy atom. The minimum atomic E-state index is -0.618. The minimum absolute atomic E-state index is 0.0206. The Morgan fingerprint density at radius 3 is 2.83 bits per heavy atom. The van der Waals surface area contributed by atoms with Crippen LogP contribution in [0.2, 0.25) is 5.02 Å². The molecule has 11 heteroatoms. The summed E-state index contributed by atoms with van der Waals surface area (Å²) in [5.74, 6) is 0.932. The molecule has 2 amide bonds. The molecule has 30 heavy (non-hydrogen) atoms. The molecule has 0 atom stereocenters. The Hall–Kier alpha value is -2.59. The lowest BCUT2D eigenvalue weighted by Gasteiger charge is -2.06. The van der Waals surface area contributed by atoms with Gasteiger partial charge in [-0.3, -0.25) is 14.9 Å². The maximum Gasteiger partial charge on any atom is 0.414 e. The number of ether oxygens (including phenoxy) is 1. The third kappa shape index (κ3) is 6.20. The summed E-state index contributed by atoms with van der Waals surface area (Å²) in [6.45, 7) is 2.28. The molecule has 0 spiro atoms. The van der Waals surface area contributed by atoms with E-state index in [2.05, 4.69) is 47.1 Å². The Morgan fingerprint density at radius 2 is 2.07 bits per heavy atom. The number of nitrogens with one attached hydrogen (secondary N) is 4. The van der Waals surface area contributed by atoms with Gasteiger partial charge in [-0.05, 0) is 40.9 Å². The number of aromatic nitrogens is 2. The van der Waals surface area contributed by atoms with E-state index in [1.54, 1.807) is 24.3 Å². The number of anilines is 1. The highest BCUT2D eigenvalue weighted by Gasteiger charge is 2.18. The number of carbonyl (C=O) groups excluding carboxylic acids is 2. The molecule has 1 aromatic heterocycles. The molecule has 160 valence electrons. The van der Waals surface area contributed by atoms with Gasteiger partial charge in [0.2, 0.25) is 0 Å². The number of halogens is 2. The third-order valence-electron chi connectivity index (χ3n) is 4.33. The zero-order valence-corrected chi connectivity index (χ0v) is 18.5. The molecule has 2 heterocycles. The largest absolute Gasteiger partial charge is 0.414 e. The zero-order valence-electron chi connectivity index (χ0n) is 16.1. The molecule has 0 saturated heterocycles. The van der Waals surface area contributed by atoms with Crippen LogP contribution in [0.25, 0.3) is 0 Å². The van der Waals surface area contributed by atoms with Gasteiger partial charge in [0.05, 0.1) is 23.0 Å². The molecule has 1 aliphatic rings. The van der Waals surface area contributed by atoms with Crippen molar-refractivity contribution in [2.24, 2.45) is 4.99 Å². The van der Waals surface area contributed by atoms with Crippen LogP contribution in [-0.4, -0.2) is 47.7 Å². The van der Waals surface area contributed by atoms with Crippen molar-refractivity contribution < 1.29 is 14.3 Å². The fraction of sp³-hybridized carbons (Fsp3) is 0.368. The van der Waals surface area contributed by atoms with Crippen LogP contribution in [0.4, 0.5) is 10.6 Å². The van der Waals surface area contributed by atoms with Gasteiger partial charge in [0.25, 0.3) is 11.8 Å². The van der Waals surface area contributed by atoms with Crippen molar-refractivity contribution in [3.63, 3.8) is 0 Å². The summed E-state index contributed by atoms with van der Waals surface area (Å²) in [6.07, 6.45) is 3.15. The highest BCUT2D eigenvalue weighted by Crippen LogP contribution is 2.30. The summed E-state index contributed by atoms with van der Waals surface area (Å²) >= 11 is 9.30. The molecule has 9 nitrogen and oxygen atoms in total. The van der Waals surface area contributed by atoms with Crippen LogP contribution >= 0.6 is 27.5 Å². The number of hydrogen-bond acceptors (Lipinski definition) is 6. The van der Waals surface area contributed by atoms with Gasteiger partial charge in [-0.1, -0.05) is 30.2 Å². The van der Waals surface area contributed by atoms with Crippen LogP contribution in [0, 0.1) is 0 Å². The lowest BCUT2D eigenvalue weighted by molar-refractivity contribution is 0.102. The van der Waals surface area contributed by atoms with E-state index in [4.69, 9.17) is 16.3 Å². The highest BCUT2D eigenvalue weighted by atomic mass is 79.9. The molecular formula is C19H22BrClN6O3. The molecule has 4 N–H and O–H groups in total. The molecular weight excluding hydrogens is 476 g/mol. The molecule has 0 radical (unpaired) electrons. The van der Waals surface area contributed by atoms with Crippen molar-refractivity contribution in [2.75, 3.05) is 25.0 Å². The predicted molar refractivity (Wildman–Crippen MR) is 118 cm³/mol. The van der Waals surface area contributed by atoms with Crippen molar-refractivity contribution in [2.45, 2.75) is 25.7 Å². The molecule has 0 bridgehead atoms. The quantitative estimate of drug-likeness (QED) is 0.393. The van der Waals surface area contributed by atoms with Gasteiger partial charge < -0.3 is 20.7 Å². The second-order valence-electron chi connectivity index (χ2n) is 6.53. The number of H-pyrrole nitrogens is 1. The van der Waals surface area contributed by atoms with Crippen molar-refractivity contribution >= 4 is 51.2 Å². The number of unbranched alkanes of at least 4 members (excludes halogenated alkanes) is 2. The second kappa shape index (κ2) is 11.0. The first-order valence-electron chi connectivity index (χ1n) is 9.57. The number of hydrogen-bond donors (Lipinski definition) is 4. The normalized spacial score (nSPS) is 12.8. The fourth-order valence-corrected chi connectivity index (χ4v) is 3.39. The lowest BCUT2D eigenvalue weighted by atomic mass is 10.2. The standard InChI is InChI=1S/C19H22BrClN6O3/c20-15-16(25-17(28)12-6-3-4-7-13(12)21)26-27-18(15)30-19(29)24-9-5-1-2-8-14-22-10-11-23-14/h3-4,6-7H,1-2,5,8-11H2,(H,22,23)(H,24,29)(H2,25,26,27,28). The van der Waals surface area contributed by atoms with E-state index in [1.807, 2.05) is 0 Å². The number of amidine groups is 1. The molecule has 0 saturated carbocycles. The molecule has 2 aromatic rings. The average molecular weight is 498 g/mol. The smallest absolute Gasteiger partial charge is 0.388 e. The van der Waals surface area contributed by atoms with Crippen LogP contribution in [0.5, 0.6) is 5.88 Å². The molecule has 3 rings (SSSR count). The lowest BCUT2D eigenvalue weighted by Crippen LogP contribution is -2.28. The van der Waals surface area contributed by atoms with Crippen molar-refractivity contribution in [3.05, 3.63) is 39.3 Å². The van der Waals surface area contributed by atoms with Crippen molar-refractivity contribution in [1.29, 1.82) is 0 Å². The first-order chi connectivity index (χ1) is 14.5. The average Bonchev–Trinajstić information content (AvgIpc) is 3.36. The van der Waals surface area contributed by atoms with Crippen LogP contribution in [0.3, 0.4) is 0 Å². The van der Waals surface area contributed by atoms with E-state index in [9.17, 15) is 9.59 Å². The van der Waals surface area contributed by atoms with Gasteiger partial charge in [0, 0.05) is 19.5 Å². The Bertz CT molecular complexity index is 933. The van der Waals surface area contributed by atoms with Crippen molar-refractivity contribution in [1.82, 2.24) is 20.8 Å². The number of rotatable bonds is 9. The summed E-state index contributed by atoms with van der Waals surface area (Å²) < 4.78 is 5.50. The number of aliphatic imine (C=N–C) groups is 1. The van der Waals surface area contributed by atoms with Crippen LogP contribution in [-0.2, 0) is 0 Å². The first kappa shape index (κ1) is 22.1. The van der Waals surface area contributed by atoms with Gasteiger partial charge in [0.1, 0.15) is 10.3 Å². The summed E-state index contributed by atoms with van der Waals surface area (Å²) in [5, 5.41) is 15.4. The summed E-state index contributed by atoms with van der Waals surface area (Å²) in [4.78, 5) is 28.6. The van der Waals surface area contributed by atoms with E-state index in [-0.39, 0.29) is 11.7 Å². The van der Waals surface area contributed by atoms with Crippen LogP contribution < -0.4 is 20.7 Å². The number of amides is 2.